The van der Waals surface area contributed by atoms with Crippen LogP contribution < -0.4 is 16.6 Å². The average Bonchev–Trinajstić information content (AvgIpc) is 3.16. The van der Waals surface area contributed by atoms with Crippen molar-refractivity contribution >= 4 is 22.8 Å². The highest BCUT2D eigenvalue weighted by molar-refractivity contribution is 5.92. The number of aryl methyl sites for hydroxylation is 2. The lowest BCUT2D eigenvalue weighted by atomic mass is 10.0. The molecule has 0 aliphatic rings. The van der Waals surface area contributed by atoms with Crippen LogP contribution in [0.5, 0.6) is 0 Å². The van der Waals surface area contributed by atoms with E-state index in [9.17, 15) is 14.4 Å². The quantitative estimate of drug-likeness (QED) is 0.565. The third-order valence-electron chi connectivity index (χ3n) is 5.14. The van der Waals surface area contributed by atoms with Crippen molar-refractivity contribution < 1.29 is 4.79 Å². The number of fused-ring (bicyclic) bond motifs is 1. The minimum absolute atomic E-state index is 0.0934. The molecular weight excluding hydrogens is 382 g/mol. The number of aromatic nitrogens is 4. The molecule has 0 saturated heterocycles. The van der Waals surface area contributed by atoms with Gasteiger partial charge in [0.15, 0.2) is 11.2 Å². The number of amides is 1. The first-order valence-electron chi connectivity index (χ1n) is 9.43. The summed E-state index contributed by atoms with van der Waals surface area (Å²) in [6.07, 6.45) is 1.40. The SMILES string of the molecule is Cc1cc(-c2ccccc2)ccc1NC(=O)Cn1cnc2c1c(=O)n(C)c(=O)n2C. The maximum Gasteiger partial charge on any atom is 0.332 e. The molecule has 0 fully saturated rings. The van der Waals surface area contributed by atoms with Gasteiger partial charge in [-0.05, 0) is 35.7 Å². The van der Waals surface area contributed by atoms with Crippen LogP contribution in [0.25, 0.3) is 22.3 Å². The summed E-state index contributed by atoms with van der Waals surface area (Å²) in [4.78, 5) is 41.3. The molecule has 2 heterocycles. The molecule has 8 heteroatoms. The molecule has 0 spiro atoms. The molecule has 30 heavy (non-hydrogen) atoms. The molecular formula is C22H21N5O3. The third-order valence-corrected chi connectivity index (χ3v) is 5.14. The zero-order valence-corrected chi connectivity index (χ0v) is 16.9. The Kier molecular flexibility index (Phi) is 4.83. The third kappa shape index (κ3) is 3.32. The fraction of sp³-hybridized carbons (Fsp3) is 0.182. The van der Waals surface area contributed by atoms with Crippen molar-refractivity contribution in [3.05, 3.63) is 81.3 Å². The number of hydrogen-bond acceptors (Lipinski definition) is 4. The van der Waals surface area contributed by atoms with Gasteiger partial charge < -0.3 is 9.88 Å². The minimum atomic E-state index is -0.484. The molecule has 0 atom stereocenters. The molecule has 0 bridgehead atoms. The van der Waals surface area contributed by atoms with Crippen LogP contribution in [0.4, 0.5) is 5.69 Å². The van der Waals surface area contributed by atoms with Crippen LogP contribution in [-0.4, -0.2) is 24.6 Å². The van der Waals surface area contributed by atoms with E-state index in [1.807, 2.05) is 55.5 Å². The van der Waals surface area contributed by atoms with Crippen molar-refractivity contribution in [1.82, 2.24) is 18.7 Å². The fourth-order valence-corrected chi connectivity index (χ4v) is 3.48. The fourth-order valence-electron chi connectivity index (χ4n) is 3.48. The van der Waals surface area contributed by atoms with Crippen molar-refractivity contribution in [1.29, 1.82) is 0 Å². The number of nitrogens with zero attached hydrogens (tertiary/aromatic N) is 4. The van der Waals surface area contributed by atoms with Gasteiger partial charge in [-0.1, -0.05) is 36.4 Å². The van der Waals surface area contributed by atoms with Crippen molar-refractivity contribution in [2.75, 3.05) is 5.32 Å². The van der Waals surface area contributed by atoms with E-state index < -0.39 is 11.2 Å². The average molecular weight is 403 g/mol. The number of hydrogen-bond donors (Lipinski definition) is 1. The van der Waals surface area contributed by atoms with Gasteiger partial charge in [-0.25, -0.2) is 9.78 Å². The Morgan fingerprint density at radius 2 is 1.73 bits per heavy atom. The van der Waals surface area contributed by atoms with Crippen LogP contribution in [0.15, 0.2) is 64.4 Å². The predicted octanol–water partition coefficient (Wildman–Crippen LogP) is 2.05. The van der Waals surface area contributed by atoms with Crippen molar-refractivity contribution in [2.45, 2.75) is 13.5 Å². The summed E-state index contributed by atoms with van der Waals surface area (Å²) >= 11 is 0. The van der Waals surface area contributed by atoms with Crippen LogP contribution in [-0.2, 0) is 25.4 Å². The highest BCUT2D eigenvalue weighted by atomic mass is 16.2. The van der Waals surface area contributed by atoms with Gasteiger partial charge in [0, 0.05) is 19.8 Å². The van der Waals surface area contributed by atoms with E-state index in [1.54, 1.807) is 7.05 Å². The number of carbonyl (C=O) groups is 1. The molecule has 4 aromatic rings. The molecule has 1 amide bonds. The molecule has 0 radical (unpaired) electrons. The maximum atomic E-state index is 12.6. The topological polar surface area (TPSA) is 90.9 Å². The number of anilines is 1. The van der Waals surface area contributed by atoms with E-state index in [0.29, 0.717) is 5.69 Å². The molecule has 1 N–H and O–H groups in total. The Hall–Kier alpha value is -3.94. The second-order valence-electron chi connectivity index (χ2n) is 7.19. The van der Waals surface area contributed by atoms with Gasteiger partial charge >= 0.3 is 5.69 Å². The van der Waals surface area contributed by atoms with Crippen molar-refractivity contribution in [3.8, 4) is 11.1 Å². The molecule has 2 aromatic heterocycles. The van der Waals surface area contributed by atoms with E-state index in [1.165, 1.54) is 22.5 Å². The largest absolute Gasteiger partial charge is 0.332 e. The monoisotopic (exact) mass is 403 g/mol. The normalized spacial score (nSPS) is 11.0. The highest BCUT2D eigenvalue weighted by Crippen LogP contribution is 2.24. The first-order valence-corrected chi connectivity index (χ1v) is 9.43. The van der Waals surface area contributed by atoms with E-state index >= 15 is 0 Å². The zero-order valence-electron chi connectivity index (χ0n) is 16.9. The van der Waals surface area contributed by atoms with Crippen LogP contribution in [0, 0.1) is 6.92 Å². The molecule has 2 aromatic carbocycles. The van der Waals surface area contributed by atoms with E-state index in [2.05, 4.69) is 10.3 Å². The number of carbonyl (C=O) groups excluding carboxylic acids is 1. The summed E-state index contributed by atoms with van der Waals surface area (Å²) < 4.78 is 3.75. The second-order valence-corrected chi connectivity index (χ2v) is 7.19. The Morgan fingerprint density at radius 1 is 1.00 bits per heavy atom. The lowest BCUT2D eigenvalue weighted by Gasteiger charge is -2.11. The lowest BCUT2D eigenvalue weighted by molar-refractivity contribution is -0.116. The first kappa shape index (κ1) is 19.4. The van der Waals surface area contributed by atoms with Crippen LogP contribution in [0.1, 0.15) is 5.56 Å². The molecule has 0 unspecified atom stereocenters. The summed E-state index contributed by atoms with van der Waals surface area (Å²) in [7, 11) is 2.94. The Labute approximate surface area is 172 Å². The summed E-state index contributed by atoms with van der Waals surface area (Å²) in [5.41, 5.74) is 3.31. The van der Waals surface area contributed by atoms with E-state index in [0.717, 1.165) is 21.3 Å². The van der Waals surface area contributed by atoms with E-state index in [-0.39, 0.29) is 23.6 Å². The van der Waals surface area contributed by atoms with Gasteiger partial charge in [-0.2, -0.15) is 0 Å². The maximum absolute atomic E-state index is 12.6. The van der Waals surface area contributed by atoms with Crippen molar-refractivity contribution in [3.63, 3.8) is 0 Å². The zero-order chi connectivity index (χ0) is 21.4. The number of rotatable bonds is 4. The van der Waals surface area contributed by atoms with Crippen LogP contribution in [0.3, 0.4) is 0 Å². The minimum Gasteiger partial charge on any atom is -0.324 e. The Morgan fingerprint density at radius 3 is 2.43 bits per heavy atom. The number of nitrogens with one attached hydrogen (secondary N) is 1. The summed E-state index contributed by atoms with van der Waals surface area (Å²) in [5.74, 6) is -0.291. The number of imidazole rings is 1. The van der Waals surface area contributed by atoms with Gasteiger partial charge in [-0.15, -0.1) is 0 Å². The predicted molar refractivity (Wildman–Crippen MR) is 115 cm³/mol. The first-order chi connectivity index (χ1) is 14.4. The van der Waals surface area contributed by atoms with Crippen molar-refractivity contribution in [2.24, 2.45) is 14.1 Å². The molecule has 0 saturated carbocycles. The Balaban J connectivity index is 1.59. The molecule has 0 aliphatic heterocycles. The summed E-state index contributed by atoms with van der Waals surface area (Å²) in [5, 5.41) is 2.89. The summed E-state index contributed by atoms with van der Waals surface area (Å²) in [6.45, 7) is 1.84. The number of benzene rings is 2. The molecule has 152 valence electrons. The van der Waals surface area contributed by atoms with Gasteiger partial charge in [0.05, 0.1) is 6.33 Å². The molecule has 0 aliphatic carbocycles. The second kappa shape index (κ2) is 7.47. The smallest absolute Gasteiger partial charge is 0.324 e. The van der Waals surface area contributed by atoms with Gasteiger partial charge in [0.25, 0.3) is 5.56 Å². The van der Waals surface area contributed by atoms with Crippen LogP contribution >= 0.6 is 0 Å². The lowest BCUT2D eigenvalue weighted by Crippen LogP contribution is -2.37. The van der Waals surface area contributed by atoms with Crippen LogP contribution in [0.2, 0.25) is 0 Å². The van der Waals surface area contributed by atoms with Gasteiger partial charge in [0.2, 0.25) is 5.91 Å². The Bertz CT molecular complexity index is 1380. The van der Waals surface area contributed by atoms with Gasteiger partial charge in [0.1, 0.15) is 6.54 Å². The molecule has 8 nitrogen and oxygen atoms in total. The summed E-state index contributed by atoms with van der Waals surface area (Å²) in [6, 6.07) is 15.8. The molecule has 4 rings (SSSR count). The standard InChI is InChI=1S/C22H21N5O3/c1-14-11-16(15-7-5-4-6-8-15)9-10-17(14)24-18(28)12-27-13-23-20-19(27)21(29)26(3)22(30)25(20)2/h4-11,13H,12H2,1-3H3,(H,24,28). The highest BCUT2D eigenvalue weighted by Gasteiger charge is 2.16. The van der Waals surface area contributed by atoms with E-state index in [4.69, 9.17) is 0 Å². The van der Waals surface area contributed by atoms with Gasteiger partial charge in [-0.3, -0.25) is 18.7 Å².